The largest absolute Gasteiger partial charge is 0.309 e. The zero-order valence-corrected chi connectivity index (χ0v) is 28.5. The smallest absolute Gasteiger partial charge is 0.0549 e. The van der Waals surface area contributed by atoms with Crippen LogP contribution in [0.2, 0.25) is 0 Å². The number of para-hydroxylation sites is 2. The van der Waals surface area contributed by atoms with E-state index >= 15 is 0 Å². The summed E-state index contributed by atoms with van der Waals surface area (Å²) >= 11 is 0. The van der Waals surface area contributed by atoms with E-state index in [2.05, 4.69) is 179 Å². The molecule has 2 heterocycles. The van der Waals surface area contributed by atoms with Gasteiger partial charge in [-0.15, -0.1) is 0 Å². The maximum absolute atomic E-state index is 2.53. The number of aromatic nitrogens is 2. The van der Waals surface area contributed by atoms with Gasteiger partial charge in [-0.2, -0.15) is 0 Å². The zero-order valence-electron chi connectivity index (χ0n) is 28.5. The first-order chi connectivity index (χ1) is 25.8. The lowest BCUT2D eigenvalue weighted by atomic mass is 9.96. The van der Waals surface area contributed by atoms with Gasteiger partial charge in [0.1, 0.15) is 0 Å². The topological polar surface area (TPSA) is 9.86 Å². The summed E-state index contributed by atoms with van der Waals surface area (Å²) in [5, 5.41) is 5.20. The Balaban J connectivity index is 1.09. The van der Waals surface area contributed by atoms with Crippen molar-refractivity contribution in [3.63, 3.8) is 0 Å². The Hall–Kier alpha value is -6.64. The molecule has 0 atom stereocenters. The van der Waals surface area contributed by atoms with Gasteiger partial charge in [-0.25, -0.2) is 0 Å². The van der Waals surface area contributed by atoms with Crippen LogP contribution in [0.4, 0.5) is 0 Å². The summed E-state index contributed by atoms with van der Waals surface area (Å²) in [6.45, 7) is 0. The number of benzene rings is 8. The minimum absolute atomic E-state index is 0.934. The standard InChI is InChI=1S/C50H32N2/c1-2-12-31(13-3-1)35-18-10-19-38-37-25-24-34(28-33(37)30-42(35)38)51-44-21-8-6-16-40(44)49-47(51)26-27-48-50(49)41-17-7-9-22-45(41)52(48)46-23-11-20-39-36-15-5-4-14-32(36)29-43(39)46/h1-28H,29-30H2. The maximum Gasteiger partial charge on any atom is 0.0549 e. The molecule has 0 fully saturated rings. The summed E-state index contributed by atoms with van der Waals surface area (Å²) in [4.78, 5) is 0. The maximum atomic E-state index is 2.53. The zero-order chi connectivity index (χ0) is 33.9. The summed E-state index contributed by atoms with van der Waals surface area (Å²) < 4.78 is 5.02. The summed E-state index contributed by atoms with van der Waals surface area (Å²) in [5.74, 6) is 0. The van der Waals surface area contributed by atoms with E-state index in [0.717, 1.165) is 12.8 Å². The van der Waals surface area contributed by atoms with Crippen molar-refractivity contribution in [2.24, 2.45) is 0 Å². The van der Waals surface area contributed by atoms with Crippen molar-refractivity contribution in [2.45, 2.75) is 12.8 Å². The molecule has 2 heteroatoms. The van der Waals surface area contributed by atoms with Gasteiger partial charge in [0.2, 0.25) is 0 Å². The number of hydrogen-bond acceptors (Lipinski definition) is 0. The van der Waals surface area contributed by atoms with Crippen molar-refractivity contribution in [3.8, 4) is 44.8 Å². The van der Waals surface area contributed by atoms with Gasteiger partial charge >= 0.3 is 0 Å². The van der Waals surface area contributed by atoms with E-state index in [1.54, 1.807) is 0 Å². The Labute approximate surface area is 301 Å². The van der Waals surface area contributed by atoms with Crippen LogP contribution in [0.1, 0.15) is 22.3 Å². The lowest BCUT2D eigenvalue weighted by Crippen LogP contribution is -1.99. The van der Waals surface area contributed by atoms with Crippen LogP contribution in [0.3, 0.4) is 0 Å². The van der Waals surface area contributed by atoms with Crippen molar-refractivity contribution in [1.29, 1.82) is 0 Å². The molecule has 52 heavy (non-hydrogen) atoms. The first-order valence-electron chi connectivity index (χ1n) is 18.3. The molecule has 242 valence electrons. The molecule has 12 rings (SSSR count). The van der Waals surface area contributed by atoms with E-state index in [0.29, 0.717) is 0 Å². The van der Waals surface area contributed by atoms with Crippen LogP contribution in [0, 0.1) is 0 Å². The predicted molar refractivity (Wildman–Crippen MR) is 217 cm³/mol. The van der Waals surface area contributed by atoms with Gasteiger partial charge in [-0.05, 0) is 105 Å². The fourth-order valence-electron chi connectivity index (χ4n) is 9.64. The molecule has 0 bridgehead atoms. The Kier molecular flexibility index (Phi) is 5.64. The summed E-state index contributed by atoms with van der Waals surface area (Å²) in [5.41, 5.74) is 21.1. The van der Waals surface area contributed by atoms with E-state index < -0.39 is 0 Å². The third-order valence-corrected chi connectivity index (χ3v) is 11.8. The van der Waals surface area contributed by atoms with Crippen LogP contribution < -0.4 is 0 Å². The highest BCUT2D eigenvalue weighted by Gasteiger charge is 2.26. The van der Waals surface area contributed by atoms with Crippen molar-refractivity contribution in [1.82, 2.24) is 9.13 Å². The Morgan fingerprint density at radius 3 is 1.73 bits per heavy atom. The van der Waals surface area contributed by atoms with Gasteiger partial charge < -0.3 is 9.13 Å². The van der Waals surface area contributed by atoms with Gasteiger partial charge in [0.25, 0.3) is 0 Å². The van der Waals surface area contributed by atoms with Crippen LogP contribution in [0.5, 0.6) is 0 Å². The van der Waals surface area contributed by atoms with Gasteiger partial charge in [0.05, 0.1) is 27.8 Å². The van der Waals surface area contributed by atoms with Gasteiger partial charge in [0.15, 0.2) is 0 Å². The average molecular weight is 661 g/mol. The fourth-order valence-corrected chi connectivity index (χ4v) is 9.64. The van der Waals surface area contributed by atoms with Crippen LogP contribution in [0.15, 0.2) is 170 Å². The molecule has 0 unspecified atom stereocenters. The third kappa shape index (κ3) is 3.73. The van der Waals surface area contributed by atoms with E-state index in [9.17, 15) is 0 Å². The molecule has 0 saturated carbocycles. The minimum atomic E-state index is 0.934. The number of rotatable bonds is 3. The van der Waals surface area contributed by atoms with E-state index in [4.69, 9.17) is 0 Å². The molecule has 2 aliphatic carbocycles. The SMILES string of the molecule is c1ccc(-c2cccc3c2Cc2cc(-n4c5ccccc5c5c6c7ccccc7n(-c7cccc8c7Cc7ccccc7-8)c6ccc54)ccc2-3)cc1. The lowest BCUT2D eigenvalue weighted by Gasteiger charge is -2.13. The summed E-state index contributed by atoms with van der Waals surface area (Å²) in [6.07, 6.45) is 1.88. The quantitative estimate of drug-likeness (QED) is 0.178. The molecule has 2 nitrogen and oxygen atoms in total. The van der Waals surface area contributed by atoms with Crippen molar-refractivity contribution in [3.05, 3.63) is 192 Å². The molecule has 0 N–H and O–H groups in total. The minimum Gasteiger partial charge on any atom is -0.309 e. The second kappa shape index (κ2) is 10.4. The molecule has 2 aromatic heterocycles. The summed E-state index contributed by atoms with van der Waals surface area (Å²) in [7, 11) is 0. The molecule has 10 aromatic rings. The highest BCUT2D eigenvalue weighted by atomic mass is 15.0. The van der Waals surface area contributed by atoms with Crippen molar-refractivity contribution < 1.29 is 0 Å². The van der Waals surface area contributed by atoms with Crippen LogP contribution in [0.25, 0.3) is 88.4 Å². The van der Waals surface area contributed by atoms with Gasteiger partial charge in [-0.1, -0.05) is 127 Å². The van der Waals surface area contributed by atoms with Gasteiger partial charge in [0, 0.05) is 33.7 Å². The first kappa shape index (κ1) is 28.1. The number of hydrogen-bond donors (Lipinski definition) is 0. The molecular formula is C50H32N2. The van der Waals surface area contributed by atoms with E-state index in [-0.39, 0.29) is 0 Å². The molecule has 2 aliphatic rings. The normalized spacial score (nSPS) is 12.8. The number of nitrogens with zero attached hydrogens (tertiary/aromatic N) is 2. The summed E-state index contributed by atoms with van der Waals surface area (Å²) in [6, 6.07) is 63.1. The molecule has 0 amide bonds. The van der Waals surface area contributed by atoms with Crippen LogP contribution in [-0.4, -0.2) is 9.13 Å². The lowest BCUT2D eigenvalue weighted by molar-refractivity contribution is 1.12. The molecule has 0 aliphatic heterocycles. The molecule has 0 saturated heterocycles. The van der Waals surface area contributed by atoms with E-state index in [1.807, 2.05) is 0 Å². The third-order valence-electron chi connectivity index (χ3n) is 11.8. The fraction of sp³-hybridized carbons (Fsp3) is 0.0400. The highest BCUT2D eigenvalue weighted by Crippen LogP contribution is 2.47. The Bertz CT molecular complexity index is 3120. The van der Waals surface area contributed by atoms with Crippen molar-refractivity contribution in [2.75, 3.05) is 0 Å². The molecule has 0 radical (unpaired) electrons. The highest BCUT2D eigenvalue weighted by molar-refractivity contribution is 6.29. The van der Waals surface area contributed by atoms with E-state index in [1.165, 1.54) is 111 Å². The second-order valence-electron chi connectivity index (χ2n) is 14.4. The molecule has 0 spiro atoms. The Morgan fingerprint density at radius 1 is 0.346 bits per heavy atom. The Morgan fingerprint density at radius 2 is 0.923 bits per heavy atom. The predicted octanol–water partition coefficient (Wildman–Crippen LogP) is 12.7. The monoisotopic (exact) mass is 660 g/mol. The number of fused-ring (bicyclic) bond motifs is 13. The second-order valence-corrected chi connectivity index (χ2v) is 14.4. The van der Waals surface area contributed by atoms with Gasteiger partial charge in [-0.3, -0.25) is 0 Å². The first-order valence-corrected chi connectivity index (χ1v) is 18.3. The van der Waals surface area contributed by atoms with Crippen LogP contribution in [-0.2, 0) is 12.8 Å². The molecular weight excluding hydrogens is 629 g/mol. The van der Waals surface area contributed by atoms with Crippen molar-refractivity contribution >= 4 is 43.6 Å². The molecule has 8 aromatic carbocycles. The average Bonchev–Trinajstić information content (AvgIpc) is 3.95. The van der Waals surface area contributed by atoms with Crippen LogP contribution >= 0.6 is 0 Å².